The van der Waals surface area contributed by atoms with Gasteiger partial charge in [-0.2, -0.15) is 0 Å². The zero-order valence-electron chi connectivity index (χ0n) is 18.4. The molecule has 1 unspecified atom stereocenters. The molecule has 2 heterocycles. The second-order valence-electron chi connectivity index (χ2n) is 8.18. The number of ether oxygens (including phenoxy) is 1. The lowest BCUT2D eigenvalue weighted by atomic mass is 9.99. The highest BCUT2D eigenvalue weighted by Gasteiger charge is 2.33. The second kappa shape index (κ2) is 9.08. The molecule has 1 amide bonds. The quantitative estimate of drug-likeness (QED) is 0.559. The molecule has 0 saturated carbocycles. The van der Waals surface area contributed by atoms with E-state index in [2.05, 4.69) is 15.3 Å². The van der Waals surface area contributed by atoms with Gasteiger partial charge < -0.3 is 15.0 Å². The molecule has 176 valence electrons. The first-order valence-electron chi connectivity index (χ1n) is 10.0. The zero-order valence-corrected chi connectivity index (χ0v) is 18.4. The normalized spacial score (nSPS) is 13.5. The first kappa shape index (κ1) is 24.0. The summed E-state index contributed by atoms with van der Waals surface area (Å²) < 4.78 is 47.7. The first-order chi connectivity index (χ1) is 15.4. The van der Waals surface area contributed by atoms with E-state index >= 15 is 0 Å². The summed E-state index contributed by atoms with van der Waals surface area (Å²) >= 11 is 0. The molecule has 0 bridgehead atoms. The monoisotopic (exact) mass is 464 g/mol. The lowest BCUT2D eigenvalue weighted by Crippen LogP contribution is -2.47. The van der Waals surface area contributed by atoms with Crippen LogP contribution >= 0.6 is 0 Å². The van der Waals surface area contributed by atoms with Crippen LogP contribution in [0.15, 0.2) is 40.1 Å². The van der Waals surface area contributed by atoms with Gasteiger partial charge in [-0.05, 0) is 32.9 Å². The summed E-state index contributed by atoms with van der Waals surface area (Å²) in [5.41, 5.74) is -3.81. The SMILES string of the molecule is COc1cccc2[nH]c(=O)n(C(CC(C)(C)F)C(=O)N[C@H](C)c3ncc(F)cc3F)c(=O)c12. The number of hydrogen-bond acceptors (Lipinski definition) is 5. The number of fused-ring (bicyclic) bond motifs is 1. The van der Waals surface area contributed by atoms with Crippen LogP contribution in [-0.2, 0) is 4.79 Å². The number of benzene rings is 1. The van der Waals surface area contributed by atoms with E-state index in [4.69, 9.17) is 4.74 Å². The molecule has 1 aromatic carbocycles. The van der Waals surface area contributed by atoms with E-state index in [-0.39, 0.29) is 22.3 Å². The molecular formula is C22H23F3N4O4. The predicted octanol–water partition coefficient (Wildman–Crippen LogP) is 2.93. The van der Waals surface area contributed by atoms with Crippen LogP contribution in [0.25, 0.3) is 10.9 Å². The van der Waals surface area contributed by atoms with Crippen molar-refractivity contribution in [1.82, 2.24) is 19.9 Å². The third kappa shape index (κ3) is 5.07. The Hall–Kier alpha value is -3.63. The predicted molar refractivity (Wildman–Crippen MR) is 115 cm³/mol. The van der Waals surface area contributed by atoms with Gasteiger partial charge in [0.1, 0.15) is 34.5 Å². The molecule has 2 N–H and O–H groups in total. The Bertz CT molecular complexity index is 1310. The molecule has 2 aromatic heterocycles. The molecular weight excluding hydrogens is 441 g/mol. The number of aromatic nitrogens is 3. The van der Waals surface area contributed by atoms with E-state index in [1.54, 1.807) is 6.07 Å². The Labute approximate surface area is 186 Å². The maximum atomic E-state index is 14.6. The van der Waals surface area contributed by atoms with E-state index in [0.717, 1.165) is 6.20 Å². The third-order valence-electron chi connectivity index (χ3n) is 5.04. The van der Waals surface area contributed by atoms with E-state index in [9.17, 15) is 27.6 Å². The lowest BCUT2D eigenvalue weighted by Gasteiger charge is -2.25. The van der Waals surface area contributed by atoms with Crippen molar-refractivity contribution in [2.45, 2.75) is 44.9 Å². The highest BCUT2D eigenvalue weighted by Crippen LogP contribution is 2.26. The highest BCUT2D eigenvalue weighted by atomic mass is 19.1. The van der Waals surface area contributed by atoms with Crippen molar-refractivity contribution >= 4 is 16.8 Å². The largest absolute Gasteiger partial charge is 0.496 e. The van der Waals surface area contributed by atoms with E-state index < -0.39 is 53.0 Å². The molecule has 3 aromatic rings. The number of H-pyrrole nitrogens is 1. The van der Waals surface area contributed by atoms with Gasteiger partial charge in [0.15, 0.2) is 0 Å². The fourth-order valence-electron chi connectivity index (χ4n) is 3.58. The second-order valence-corrected chi connectivity index (χ2v) is 8.18. The summed E-state index contributed by atoms with van der Waals surface area (Å²) in [6.45, 7) is 3.77. The number of halogens is 3. The molecule has 8 nitrogen and oxygen atoms in total. The third-order valence-corrected chi connectivity index (χ3v) is 5.04. The van der Waals surface area contributed by atoms with Crippen molar-refractivity contribution in [3.8, 4) is 5.75 Å². The van der Waals surface area contributed by atoms with Gasteiger partial charge in [0.2, 0.25) is 5.91 Å². The van der Waals surface area contributed by atoms with Crippen LogP contribution in [0.3, 0.4) is 0 Å². The number of hydrogen-bond donors (Lipinski definition) is 2. The number of rotatable bonds is 7. The minimum Gasteiger partial charge on any atom is -0.496 e. The van der Waals surface area contributed by atoms with Gasteiger partial charge in [-0.3, -0.25) is 14.6 Å². The summed E-state index contributed by atoms with van der Waals surface area (Å²) in [5.74, 6) is -2.64. The van der Waals surface area contributed by atoms with Crippen molar-refractivity contribution in [2.24, 2.45) is 0 Å². The first-order valence-corrected chi connectivity index (χ1v) is 10.0. The molecule has 2 atom stereocenters. The number of methoxy groups -OCH3 is 1. The van der Waals surface area contributed by atoms with Gasteiger partial charge >= 0.3 is 5.69 Å². The van der Waals surface area contributed by atoms with Crippen LogP contribution in [-0.4, -0.2) is 33.2 Å². The van der Waals surface area contributed by atoms with Crippen molar-refractivity contribution < 1.29 is 22.7 Å². The van der Waals surface area contributed by atoms with Gasteiger partial charge in [0.25, 0.3) is 5.56 Å². The van der Waals surface area contributed by atoms with E-state index in [1.807, 2.05) is 0 Å². The van der Waals surface area contributed by atoms with E-state index in [0.29, 0.717) is 10.6 Å². The fourth-order valence-corrected chi connectivity index (χ4v) is 3.58. The topological polar surface area (TPSA) is 106 Å². The van der Waals surface area contributed by atoms with Gasteiger partial charge in [-0.1, -0.05) is 6.07 Å². The molecule has 0 aliphatic heterocycles. The van der Waals surface area contributed by atoms with Crippen molar-refractivity contribution in [3.05, 3.63) is 68.6 Å². The van der Waals surface area contributed by atoms with Crippen molar-refractivity contribution in [2.75, 3.05) is 7.11 Å². The molecule has 0 aliphatic rings. The summed E-state index contributed by atoms with van der Waals surface area (Å²) in [7, 11) is 1.34. The lowest BCUT2D eigenvalue weighted by molar-refractivity contribution is -0.126. The number of pyridine rings is 1. The number of carbonyl (C=O) groups excluding carboxylic acids is 1. The molecule has 3 rings (SSSR count). The maximum Gasteiger partial charge on any atom is 0.329 e. The van der Waals surface area contributed by atoms with Gasteiger partial charge in [0.05, 0.1) is 30.6 Å². The van der Waals surface area contributed by atoms with Gasteiger partial charge in [-0.25, -0.2) is 22.5 Å². The van der Waals surface area contributed by atoms with Gasteiger partial charge in [0, 0.05) is 12.5 Å². The van der Waals surface area contributed by atoms with Crippen LogP contribution in [0.4, 0.5) is 13.2 Å². The van der Waals surface area contributed by atoms with E-state index in [1.165, 1.54) is 40.0 Å². The summed E-state index contributed by atoms with van der Waals surface area (Å²) in [5, 5.41) is 2.44. The number of nitrogens with one attached hydrogen (secondary N) is 2. The van der Waals surface area contributed by atoms with Crippen molar-refractivity contribution in [1.29, 1.82) is 0 Å². The van der Waals surface area contributed by atoms with Crippen LogP contribution in [0.5, 0.6) is 5.75 Å². The van der Waals surface area contributed by atoms with Crippen LogP contribution < -0.4 is 21.3 Å². The molecule has 0 saturated heterocycles. The Morgan fingerprint density at radius 2 is 2.00 bits per heavy atom. The Morgan fingerprint density at radius 1 is 1.30 bits per heavy atom. The number of amides is 1. The molecule has 33 heavy (non-hydrogen) atoms. The summed E-state index contributed by atoms with van der Waals surface area (Å²) in [4.78, 5) is 45.3. The molecule has 11 heteroatoms. The minimum absolute atomic E-state index is 0.00774. The molecule has 0 spiro atoms. The van der Waals surface area contributed by atoms with Crippen LogP contribution in [0.1, 0.15) is 45.0 Å². The summed E-state index contributed by atoms with van der Waals surface area (Å²) in [6.07, 6.45) is 0.253. The van der Waals surface area contributed by atoms with Crippen LogP contribution in [0, 0.1) is 11.6 Å². The fraction of sp³-hybridized carbons (Fsp3) is 0.364. The van der Waals surface area contributed by atoms with Crippen LogP contribution in [0.2, 0.25) is 0 Å². The standard InChI is InChI=1S/C22H23F3N4O4/c1-11(18-13(24)8-12(23)10-26-18)27-19(30)15(9-22(2,3)25)29-20(31)17-14(28-21(29)32)6-5-7-16(17)33-4/h5-8,10-11,15H,9H2,1-4H3,(H,27,30)(H,28,32)/t11-,15?/m1/s1. The highest BCUT2D eigenvalue weighted by molar-refractivity contribution is 5.85. The number of aromatic amines is 1. The molecule has 0 radical (unpaired) electrons. The minimum atomic E-state index is -1.95. The smallest absolute Gasteiger partial charge is 0.329 e. The zero-order chi connectivity index (χ0) is 24.5. The average molecular weight is 464 g/mol. The number of carbonyl (C=O) groups is 1. The molecule has 0 aliphatic carbocycles. The number of nitrogens with zero attached hydrogens (tertiary/aromatic N) is 2. The Kier molecular flexibility index (Phi) is 6.61. The van der Waals surface area contributed by atoms with Crippen molar-refractivity contribution in [3.63, 3.8) is 0 Å². The summed E-state index contributed by atoms with van der Waals surface area (Å²) in [6, 6.07) is 2.53. The Balaban J connectivity index is 2.10. The number of alkyl halides is 1. The maximum absolute atomic E-state index is 14.6. The average Bonchev–Trinajstić information content (AvgIpc) is 2.71. The van der Waals surface area contributed by atoms with Gasteiger partial charge in [-0.15, -0.1) is 0 Å². The Morgan fingerprint density at radius 3 is 2.61 bits per heavy atom. The molecule has 0 fully saturated rings.